The highest BCUT2D eigenvalue weighted by Crippen LogP contribution is 2.28. The van der Waals surface area contributed by atoms with Crippen molar-refractivity contribution in [1.82, 2.24) is 19.8 Å². The zero-order valence-electron chi connectivity index (χ0n) is 25.1. The summed E-state index contributed by atoms with van der Waals surface area (Å²) in [7, 11) is 0. The molecule has 0 spiro atoms. The number of nitrogens with zero attached hydrogens (tertiary/aromatic N) is 3. The number of ether oxygens (including phenoxy) is 1. The topological polar surface area (TPSA) is 123 Å². The molecule has 2 atom stereocenters. The van der Waals surface area contributed by atoms with Crippen molar-refractivity contribution < 1.29 is 19.4 Å². The number of halogens is 1. The predicted octanol–water partition coefficient (Wildman–Crippen LogP) is 4.53. The van der Waals surface area contributed by atoms with Gasteiger partial charge >= 0.3 is 0 Å². The van der Waals surface area contributed by atoms with Crippen molar-refractivity contribution in [2.45, 2.75) is 84.2 Å². The summed E-state index contributed by atoms with van der Waals surface area (Å²) in [5.74, 6) is 0.604. The molecule has 4 rings (SSSR count). The van der Waals surface area contributed by atoms with Gasteiger partial charge in [-0.1, -0.05) is 35.9 Å². The molecule has 2 aromatic carbocycles. The summed E-state index contributed by atoms with van der Waals surface area (Å²) in [6.07, 6.45) is 3.72. The van der Waals surface area contributed by atoms with Crippen LogP contribution in [0.15, 0.2) is 48.7 Å². The fourth-order valence-corrected chi connectivity index (χ4v) is 5.51. The van der Waals surface area contributed by atoms with Gasteiger partial charge in [0, 0.05) is 55.5 Å². The molecule has 10 heteroatoms. The maximum atomic E-state index is 13.3. The van der Waals surface area contributed by atoms with Gasteiger partial charge in [0.1, 0.15) is 17.2 Å². The summed E-state index contributed by atoms with van der Waals surface area (Å²) in [4.78, 5) is 31.8. The van der Waals surface area contributed by atoms with Crippen LogP contribution in [-0.2, 0) is 23.4 Å². The molecule has 3 aromatic rings. The van der Waals surface area contributed by atoms with Crippen LogP contribution >= 0.6 is 11.6 Å². The highest BCUT2D eigenvalue weighted by atomic mass is 35.5. The lowest BCUT2D eigenvalue weighted by Gasteiger charge is -2.42. The number of carbonyl (C=O) groups is 2. The number of likely N-dealkylation sites (tertiary alicyclic amines) is 1. The first kappa shape index (κ1) is 31.5. The van der Waals surface area contributed by atoms with Gasteiger partial charge in [-0.2, -0.15) is 0 Å². The van der Waals surface area contributed by atoms with Gasteiger partial charge in [0.2, 0.25) is 5.91 Å². The second kappa shape index (κ2) is 13.3. The summed E-state index contributed by atoms with van der Waals surface area (Å²) < 4.78 is 7.66. The van der Waals surface area contributed by atoms with Gasteiger partial charge in [0.15, 0.2) is 0 Å². The van der Waals surface area contributed by atoms with E-state index in [4.69, 9.17) is 27.1 Å². The van der Waals surface area contributed by atoms with Crippen LogP contribution in [0.2, 0.25) is 5.02 Å². The van der Waals surface area contributed by atoms with Crippen LogP contribution in [0.1, 0.15) is 69.2 Å². The quantitative estimate of drug-likeness (QED) is 0.267. The molecule has 2 heterocycles. The Morgan fingerprint density at radius 3 is 2.45 bits per heavy atom. The molecule has 226 valence electrons. The number of imidazole rings is 1. The van der Waals surface area contributed by atoms with Crippen LogP contribution in [-0.4, -0.2) is 62.6 Å². The third kappa shape index (κ3) is 7.91. The lowest BCUT2D eigenvalue weighted by Crippen LogP contribution is -2.55. The summed E-state index contributed by atoms with van der Waals surface area (Å²) in [6, 6.07) is 13.0. The number of nitrogens with one attached hydrogen (secondary N) is 1. The Hall–Kier alpha value is -3.40. The van der Waals surface area contributed by atoms with Crippen molar-refractivity contribution in [3.05, 3.63) is 70.6 Å². The zero-order chi connectivity index (χ0) is 30.6. The largest absolute Gasteiger partial charge is 0.489 e. The van der Waals surface area contributed by atoms with Gasteiger partial charge in [-0.25, -0.2) is 4.98 Å². The van der Waals surface area contributed by atoms with Gasteiger partial charge in [-0.15, -0.1) is 0 Å². The number of hydrogen-bond acceptors (Lipinski definition) is 6. The minimum absolute atomic E-state index is 0.0336. The molecule has 9 nitrogen and oxygen atoms in total. The molecule has 1 aromatic heterocycles. The van der Waals surface area contributed by atoms with E-state index in [-0.39, 0.29) is 30.0 Å². The number of aromatic nitrogens is 2. The number of benzene rings is 2. The standard InChI is InChI=1S/C32H42ClN5O4/c1-6-37-19-27(36-31(37)32(4,5)41)22-9-7-21(8-10-22)15-24(18-38-14-13-25(38)17-29(34)39)35-30(40)23-11-12-28(26(33)16-23)42-20(2)3/h7-12,16,19-20,24-25,41H,6,13-15,17-18H2,1-5H3,(H2,34,39)(H,35,40)/t24-,25?/m0/s1. The van der Waals surface area contributed by atoms with Crippen molar-refractivity contribution in [1.29, 1.82) is 0 Å². The van der Waals surface area contributed by atoms with E-state index < -0.39 is 5.60 Å². The Balaban J connectivity index is 1.52. The van der Waals surface area contributed by atoms with E-state index in [0.29, 0.717) is 48.1 Å². The SMILES string of the molecule is CCn1cc(-c2ccc(C[C@@H](CN3CCC3CC(N)=O)NC(=O)c3ccc(OC(C)C)c(Cl)c3)cc2)nc1C(C)(C)O. The Morgan fingerprint density at radius 1 is 1.21 bits per heavy atom. The first-order valence-electron chi connectivity index (χ1n) is 14.5. The molecule has 0 saturated carbocycles. The lowest BCUT2D eigenvalue weighted by atomic mass is 9.96. The first-order valence-corrected chi connectivity index (χ1v) is 14.9. The number of aliphatic hydroxyl groups is 1. The Labute approximate surface area is 253 Å². The van der Waals surface area contributed by atoms with Gasteiger partial charge in [0.25, 0.3) is 5.91 Å². The van der Waals surface area contributed by atoms with Crippen LogP contribution in [0.3, 0.4) is 0 Å². The highest BCUT2D eigenvalue weighted by molar-refractivity contribution is 6.32. The maximum Gasteiger partial charge on any atom is 0.251 e. The van der Waals surface area contributed by atoms with E-state index in [1.165, 1.54) is 0 Å². The maximum absolute atomic E-state index is 13.3. The third-order valence-electron chi connectivity index (χ3n) is 7.45. The monoisotopic (exact) mass is 595 g/mol. The lowest BCUT2D eigenvalue weighted by molar-refractivity contribution is -0.120. The smallest absolute Gasteiger partial charge is 0.251 e. The van der Waals surface area contributed by atoms with Crippen LogP contribution in [0, 0.1) is 0 Å². The molecule has 1 fully saturated rings. The fourth-order valence-electron chi connectivity index (χ4n) is 5.28. The molecule has 0 radical (unpaired) electrons. The van der Waals surface area contributed by atoms with Gasteiger partial charge in [-0.3, -0.25) is 14.5 Å². The summed E-state index contributed by atoms with van der Waals surface area (Å²) >= 11 is 6.40. The van der Waals surface area contributed by atoms with E-state index in [1.807, 2.05) is 55.8 Å². The van der Waals surface area contributed by atoms with Gasteiger partial charge < -0.3 is 25.5 Å². The minimum Gasteiger partial charge on any atom is -0.489 e. The zero-order valence-corrected chi connectivity index (χ0v) is 25.8. The van der Waals surface area contributed by atoms with Crippen LogP contribution < -0.4 is 15.8 Å². The average molecular weight is 596 g/mol. The molecular formula is C32H42ClN5O4. The molecule has 0 bridgehead atoms. The molecule has 1 aliphatic heterocycles. The van der Waals surface area contributed by atoms with E-state index in [2.05, 4.69) is 10.2 Å². The minimum atomic E-state index is -1.05. The van der Waals surface area contributed by atoms with Crippen molar-refractivity contribution in [3.8, 4) is 17.0 Å². The fraction of sp³-hybridized carbons (Fsp3) is 0.469. The van der Waals surface area contributed by atoms with Crippen LogP contribution in [0.4, 0.5) is 0 Å². The third-order valence-corrected chi connectivity index (χ3v) is 7.74. The first-order chi connectivity index (χ1) is 19.8. The van der Waals surface area contributed by atoms with Crippen LogP contribution in [0.5, 0.6) is 5.75 Å². The van der Waals surface area contributed by atoms with E-state index in [0.717, 1.165) is 29.8 Å². The molecule has 0 aliphatic carbocycles. The predicted molar refractivity (Wildman–Crippen MR) is 165 cm³/mol. The van der Waals surface area contributed by atoms with E-state index in [9.17, 15) is 14.7 Å². The Bertz CT molecular complexity index is 1400. The Morgan fingerprint density at radius 2 is 1.93 bits per heavy atom. The molecule has 1 saturated heterocycles. The second-order valence-electron chi connectivity index (χ2n) is 11.8. The summed E-state index contributed by atoms with van der Waals surface area (Å²) in [5.41, 5.74) is 7.65. The van der Waals surface area contributed by atoms with E-state index >= 15 is 0 Å². The normalized spacial score (nSPS) is 16.2. The number of aryl methyl sites for hydroxylation is 1. The van der Waals surface area contributed by atoms with Crippen LogP contribution in [0.25, 0.3) is 11.3 Å². The molecule has 1 unspecified atom stereocenters. The Kier molecular flexibility index (Phi) is 9.97. The number of primary amides is 1. The molecule has 2 amide bonds. The van der Waals surface area contributed by atoms with Crippen molar-refractivity contribution >= 4 is 23.4 Å². The number of carbonyl (C=O) groups excluding carboxylic acids is 2. The molecule has 4 N–H and O–H groups in total. The van der Waals surface area contributed by atoms with Gasteiger partial charge in [-0.05, 0) is 71.2 Å². The number of amides is 2. The van der Waals surface area contributed by atoms with Crippen molar-refractivity contribution in [2.75, 3.05) is 13.1 Å². The number of nitrogens with two attached hydrogens (primary N) is 1. The van der Waals surface area contributed by atoms with Crippen molar-refractivity contribution in [2.24, 2.45) is 5.73 Å². The summed E-state index contributed by atoms with van der Waals surface area (Å²) in [5, 5.41) is 14.1. The second-order valence-corrected chi connectivity index (χ2v) is 12.2. The molecule has 42 heavy (non-hydrogen) atoms. The number of hydrogen-bond donors (Lipinski definition) is 3. The highest BCUT2D eigenvalue weighted by Gasteiger charge is 2.32. The molecular weight excluding hydrogens is 554 g/mol. The number of rotatable bonds is 13. The van der Waals surface area contributed by atoms with Crippen molar-refractivity contribution in [3.63, 3.8) is 0 Å². The average Bonchev–Trinajstić information content (AvgIpc) is 3.36. The van der Waals surface area contributed by atoms with Gasteiger partial charge in [0.05, 0.1) is 16.8 Å². The van der Waals surface area contributed by atoms with E-state index in [1.54, 1.807) is 32.0 Å². The molecule has 1 aliphatic rings. The summed E-state index contributed by atoms with van der Waals surface area (Å²) in [6.45, 7) is 11.5.